The maximum absolute atomic E-state index is 12.5. The third kappa shape index (κ3) is 6.02. The second-order valence-electron chi connectivity index (χ2n) is 6.57. The summed E-state index contributed by atoms with van der Waals surface area (Å²) in [6.07, 6.45) is 3.12. The number of carboxylic acids is 1. The van der Waals surface area contributed by atoms with Gasteiger partial charge in [0.2, 0.25) is 15.9 Å². The molecule has 3 N–H and O–H groups in total. The van der Waals surface area contributed by atoms with Crippen molar-refractivity contribution in [3.05, 3.63) is 24.3 Å². The molecular formula is C18H27N3O5S. The first-order chi connectivity index (χ1) is 12.8. The fraction of sp³-hybridized carbons (Fsp3) is 0.556. The standard InChI is InChI=1S/C18H27N3O5S/c1-2-5-16(18(23)24)19-11-10-17(22)20-14-6-8-15(9-7-14)27(25,26)21-12-3-4-13-21/h6-9,16,19H,2-5,10-13H2,1H3,(H,20,22)(H,23,24). The lowest BCUT2D eigenvalue weighted by atomic mass is 10.1. The van der Waals surface area contributed by atoms with Gasteiger partial charge in [0.05, 0.1) is 4.90 Å². The number of nitrogens with zero attached hydrogens (tertiary/aromatic N) is 1. The number of aliphatic carboxylic acids is 1. The van der Waals surface area contributed by atoms with Crippen LogP contribution < -0.4 is 10.6 Å². The van der Waals surface area contributed by atoms with Crippen molar-refractivity contribution in [3.8, 4) is 0 Å². The fourth-order valence-corrected chi connectivity index (χ4v) is 4.49. The molecule has 0 spiro atoms. The van der Waals surface area contributed by atoms with Crippen molar-refractivity contribution < 1.29 is 23.1 Å². The zero-order chi connectivity index (χ0) is 19.9. The molecule has 1 aliphatic rings. The number of hydrogen-bond acceptors (Lipinski definition) is 5. The normalized spacial score (nSPS) is 16.2. The highest BCUT2D eigenvalue weighted by molar-refractivity contribution is 7.89. The summed E-state index contributed by atoms with van der Waals surface area (Å²) in [5.74, 6) is -1.19. The Morgan fingerprint density at radius 3 is 2.37 bits per heavy atom. The first kappa shape index (κ1) is 21.3. The van der Waals surface area contributed by atoms with Crippen LogP contribution in [0.1, 0.15) is 39.0 Å². The van der Waals surface area contributed by atoms with Gasteiger partial charge in [0.1, 0.15) is 6.04 Å². The average Bonchev–Trinajstić information content (AvgIpc) is 3.17. The van der Waals surface area contributed by atoms with E-state index in [1.165, 1.54) is 16.4 Å². The molecule has 9 heteroatoms. The van der Waals surface area contributed by atoms with Crippen LogP contribution in [0.3, 0.4) is 0 Å². The van der Waals surface area contributed by atoms with Gasteiger partial charge in [0, 0.05) is 31.7 Å². The number of carbonyl (C=O) groups excluding carboxylic acids is 1. The molecule has 1 unspecified atom stereocenters. The van der Waals surface area contributed by atoms with E-state index in [0.717, 1.165) is 19.3 Å². The molecule has 1 saturated heterocycles. The Kier molecular flexibility index (Phi) is 7.76. The predicted octanol–water partition coefficient (Wildman–Crippen LogP) is 1.64. The number of carboxylic acid groups (broad SMARTS) is 1. The van der Waals surface area contributed by atoms with E-state index in [4.69, 9.17) is 5.11 Å². The molecule has 1 aromatic rings. The van der Waals surface area contributed by atoms with E-state index in [1.807, 2.05) is 6.92 Å². The monoisotopic (exact) mass is 397 g/mol. The fourth-order valence-electron chi connectivity index (χ4n) is 2.97. The molecule has 2 rings (SSSR count). The Morgan fingerprint density at radius 2 is 1.81 bits per heavy atom. The van der Waals surface area contributed by atoms with E-state index in [2.05, 4.69) is 10.6 Å². The molecule has 0 radical (unpaired) electrons. The van der Waals surface area contributed by atoms with Gasteiger partial charge in [-0.25, -0.2) is 8.42 Å². The molecule has 1 aromatic carbocycles. The highest BCUT2D eigenvalue weighted by atomic mass is 32.2. The molecular weight excluding hydrogens is 370 g/mol. The number of carbonyl (C=O) groups is 2. The Balaban J connectivity index is 1.85. The minimum absolute atomic E-state index is 0.126. The highest BCUT2D eigenvalue weighted by Crippen LogP contribution is 2.22. The van der Waals surface area contributed by atoms with E-state index >= 15 is 0 Å². The molecule has 1 fully saturated rings. The minimum atomic E-state index is -3.47. The Morgan fingerprint density at radius 1 is 1.19 bits per heavy atom. The number of rotatable bonds is 10. The summed E-state index contributed by atoms with van der Waals surface area (Å²) in [6, 6.07) is 5.45. The summed E-state index contributed by atoms with van der Waals surface area (Å²) in [5.41, 5.74) is 0.503. The highest BCUT2D eigenvalue weighted by Gasteiger charge is 2.26. The van der Waals surface area contributed by atoms with Crippen molar-refractivity contribution in [3.63, 3.8) is 0 Å². The Labute approximate surface area is 160 Å². The van der Waals surface area contributed by atoms with Gasteiger partial charge in [-0.1, -0.05) is 13.3 Å². The zero-order valence-corrected chi connectivity index (χ0v) is 16.3. The molecule has 1 amide bonds. The van der Waals surface area contributed by atoms with Crippen LogP contribution in [0.15, 0.2) is 29.2 Å². The van der Waals surface area contributed by atoms with Crippen LogP contribution in [0.2, 0.25) is 0 Å². The molecule has 1 heterocycles. The smallest absolute Gasteiger partial charge is 0.320 e. The third-order valence-corrected chi connectivity index (χ3v) is 6.37. The van der Waals surface area contributed by atoms with Gasteiger partial charge in [-0.05, 0) is 43.5 Å². The second kappa shape index (κ2) is 9.82. The number of anilines is 1. The van der Waals surface area contributed by atoms with Crippen LogP contribution in [-0.4, -0.2) is 55.4 Å². The summed E-state index contributed by atoms with van der Waals surface area (Å²) >= 11 is 0. The van der Waals surface area contributed by atoms with Crippen LogP contribution in [0, 0.1) is 0 Å². The number of sulfonamides is 1. The lowest BCUT2D eigenvalue weighted by Gasteiger charge is -2.16. The van der Waals surface area contributed by atoms with Crippen molar-refractivity contribution >= 4 is 27.6 Å². The van der Waals surface area contributed by atoms with Gasteiger partial charge in [0.25, 0.3) is 0 Å². The summed E-state index contributed by atoms with van der Waals surface area (Å²) < 4.78 is 26.4. The van der Waals surface area contributed by atoms with Crippen molar-refractivity contribution in [2.24, 2.45) is 0 Å². The maximum atomic E-state index is 12.5. The van der Waals surface area contributed by atoms with E-state index in [9.17, 15) is 18.0 Å². The van der Waals surface area contributed by atoms with Crippen LogP contribution in [0.25, 0.3) is 0 Å². The summed E-state index contributed by atoms with van der Waals surface area (Å²) in [6.45, 7) is 3.24. The van der Waals surface area contributed by atoms with Crippen LogP contribution in [-0.2, 0) is 19.6 Å². The quantitative estimate of drug-likeness (QED) is 0.553. The Bertz CT molecular complexity index is 743. The van der Waals surface area contributed by atoms with Crippen molar-refractivity contribution in [2.75, 3.05) is 25.0 Å². The summed E-state index contributed by atoms with van der Waals surface area (Å²) in [5, 5.41) is 14.6. The van der Waals surface area contributed by atoms with Gasteiger partial charge in [0.15, 0.2) is 0 Å². The lowest BCUT2D eigenvalue weighted by Crippen LogP contribution is -2.38. The minimum Gasteiger partial charge on any atom is -0.480 e. The number of nitrogens with one attached hydrogen (secondary N) is 2. The van der Waals surface area contributed by atoms with Crippen LogP contribution >= 0.6 is 0 Å². The SMILES string of the molecule is CCCC(NCCC(=O)Nc1ccc(S(=O)(=O)N2CCCC2)cc1)C(=O)O. The van der Waals surface area contributed by atoms with Gasteiger partial charge >= 0.3 is 5.97 Å². The molecule has 0 bridgehead atoms. The second-order valence-corrected chi connectivity index (χ2v) is 8.51. The molecule has 27 heavy (non-hydrogen) atoms. The summed E-state index contributed by atoms with van der Waals surface area (Å²) in [4.78, 5) is 23.3. The number of amides is 1. The first-order valence-electron chi connectivity index (χ1n) is 9.21. The van der Waals surface area contributed by atoms with Crippen LogP contribution in [0.5, 0.6) is 0 Å². The van der Waals surface area contributed by atoms with Gasteiger partial charge in [-0.2, -0.15) is 4.31 Å². The van der Waals surface area contributed by atoms with E-state index in [0.29, 0.717) is 25.2 Å². The number of hydrogen-bond donors (Lipinski definition) is 3. The van der Waals surface area contributed by atoms with Crippen molar-refractivity contribution in [2.45, 2.75) is 50.0 Å². The molecule has 0 aliphatic carbocycles. The first-order valence-corrected chi connectivity index (χ1v) is 10.6. The molecule has 150 valence electrons. The van der Waals surface area contributed by atoms with E-state index in [-0.39, 0.29) is 23.8 Å². The Hall–Kier alpha value is -1.97. The third-order valence-electron chi connectivity index (χ3n) is 4.46. The van der Waals surface area contributed by atoms with Crippen LogP contribution in [0.4, 0.5) is 5.69 Å². The van der Waals surface area contributed by atoms with Gasteiger partial charge in [-0.3, -0.25) is 9.59 Å². The molecule has 1 atom stereocenters. The maximum Gasteiger partial charge on any atom is 0.320 e. The number of benzene rings is 1. The van der Waals surface area contributed by atoms with Crippen molar-refractivity contribution in [1.29, 1.82) is 0 Å². The average molecular weight is 397 g/mol. The van der Waals surface area contributed by atoms with Gasteiger partial charge < -0.3 is 15.7 Å². The predicted molar refractivity (Wildman–Crippen MR) is 102 cm³/mol. The lowest BCUT2D eigenvalue weighted by molar-refractivity contribution is -0.139. The summed E-state index contributed by atoms with van der Waals surface area (Å²) in [7, 11) is -3.47. The zero-order valence-electron chi connectivity index (χ0n) is 15.5. The van der Waals surface area contributed by atoms with Gasteiger partial charge in [-0.15, -0.1) is 0 Å². The molecule has 0 saturated carbocycles. The molecule has 0 aromatic heterocycles. The topological polar surface area (TPSA) is 116 Å². The largest absolute Gasteiger partial charge is 0.480 e. The van der Waals surface area contributed by atoms with E-state index < -0.39 is 22.0 Å². The van der Waals surface area contributed by atoms with Crippen molar-refractivity contribution in [1.82, 2.24) is 9.62 Å². The molecule has 1 aliphatic heterocycles. The molecule has 8 nitrogen and oxygen atoms in total. The van der Waals surface area contributed by atoms with E-state index in [1.54, 1.807) is 12.1 Å².